The van der Waals surface area contributed by atoms with Crippen molar-refractivity contribution in [1.82, 2.24) is 0 Å². The highest BCUT2D eigenvalue weighted by atomic mass is 16.6. The number of ether oxygens (including phenoxy) is 1. The van der Waals surface area contributed by atoms with Gasteiger partial charge in [0.1, 0.15) is 0 Å². The van der Waals surface area contributed by atoms with E-state index in [-0.39, 0.29) is 5.60 Å². The molecule has 0 aromatic carbocycles. The zero-order valence-electron chi connectivity index (χ0n) is 7.81. The molecule has 1 heterocycles. The average Bonchev–Trinajstić information content (AvgIpc) is 2.63. The van der Waals surface area contributed by atoms with Gasteiger partial charge in [0.05, 0.1) is 12.2 Å². The molecule has 2 fully saturated rings. The van der Waals surface area contributed by atoms with Crippen molar-refractivity contribution in [2.24, 2.45) is 11.3 Å². The minimum atomic E-state index is 0.283. The van der Waals surface area contributed by atoms with E-state index in [2.05, 4.69) is 20.8 Å². The first-order valence-corrected chi connectivity index (χ1v) is 4.72. The lowest BCUT2D eigenvalue weighted by Crippen LogP contribution is -2.42. The molecule has 2 aliphatic rings. The highest BCUT2D eigenvalue weighted by Gasteiger charge is 2.60. The summed E-state index contributed by atoms with van der Waals surface area (Å²) in [5.41, 5.74) is 0.718. The maximum absolute atomic E-state index is 5.66. The van der Waals surface area contributed by atoms with Crippen LogP contribution in [0.15, 0.2) is 0 Å². The molecular formula is C10H18O. The van der Waals surface area contributed by atoms with Crippen LogP contribution in [0.25, 0.3) is 0 Å². The van der Waals surface area contributed by atoms with E-state index >= 15 is 0 Å². The van der Waals surface area contributed by atoms with Crippen molar-refractivity contribution in [1.29, 1.82) is 0 Å². The number of epoxide rings is 1. The van der Waals surface area contributed by atoms with Crippen molar-refractivity contribution in [3.8, 4) is 0 Å². The molecule has 2 rings (SSSR count). The minimum absolute atomic E-state index is 0.283. The van der Waals surface area contributed by atoms with Crippen LogP contribution in [0.2, 0.25) is 0 Å². The Labute approximate surface area is 69.1 Å². The summed E-state index contributed by atoms with van der Waals surface area (Å²) >= 11 is 0. The van der Waals surface area contributed by atoms with Gasteiger partial charge in [0.15, 0.2) is 0 Å². The van der Waals surface area contributed by atoms with Gasteiger partial charge in [0.25, 0.3) is 0 Å². The second-order valence-corrected chi connectivity index (χ2v) is 4.86. The summed E-state index contributed by atoms with van der Waals surface area (Å²) in [4.78, 5) is 0. The fraction of sp³-hybridized carbons (Fsp3) is 1.00. The van der Waals surface area contributed by atoms with E-state index in [4.69, 9.17) is 4.74 Å². The third-order valence-electron chi connectivity index (χ3n) is 3.84. The number of hydrogen-bond acceptors (Lipinski definition) is 1. The van der Waals surface area contributed by atoms with E-state index in [0.29, 0.717) is 5.41 Å². The van der Waals surface area contributed by atoms with Crippen molar-refractivity contribution >= 4 is 0 Å². The first kappa shape index (κ1) is 7.60. The minimum Gasteiger partial charge on any atom is -0.369 e. The summed E-state index contributed by atoms with van der Waals surface area (Å²) in [6.45, 7) is 8.07. The first-order valence-electron chi connectivity index (χ1n) is 4.72. The maximum Gasteiger partial charge on any atom is 0.0992 e. The molecule has 2 atom stereocenters. The summed E-state index contributed by atoms with van der Waals surface area (Å²) in [6, 6.07) is 0. The van der Waals surface area contributed by atoms with Gasteiger partial charge < -0.3 is 4.74 Å². The van der Waals surface area contributed by atoms with Gasteiger partial charge in [-0.1, -0.05) is 27.2 Å². The van der Waals surface area contributed by atoms with E-state index < -0.39 is 0 Å². The molecular weight excluding hydrogens is 136 g/mol. The van der Waals surface area contributed by atoms with Crippen molar-refractivity contribution in [3.63, 3.8) is 0 Å². The van der Waals surface area contributed by atoms with E-state index in [1.54, 1.807) is 0 Å². The third-order valence-corrected chi connectivity index (χ3v) is 3.84. The largest absolute Gasteiger partial charge is 0.369 e. The Morgan fingerprint density at radius 3 is 2.36 bits per heavy atom. The summed E-state index contributed by atoms with van der Waals surface area (Å²) in [5.74, 6) is 0.784. The smallest absolute Gasteiger partial charge is 0.0992 e. The van der Waals surface area contributed by atoms with Gasteiger partial charge in [0, 0.05) is 0 Å². The molecule has 0 amide bonds. The summed E-state index contributed by atoms with van der Waals surface area (Å²) in [5, 5.41) is 0. The number of rotatable bonds is 0. The molecule has 1 heteroatoms. The molecule has 1 nitrogen and oxygen atoms in total. The Balaban J connectivity index is 2.22. The SMILES string of the molecule is C[C@H]1CCCC(C)(C)[C@@]12CO2. The molecule has 0 bridgehead atoms. The number of hydrogen-bond donors (Lipinski definition) is 0. The van der Waals surface area contributed by atoms with Crippen LogP contribution in [0.1, 0.15) is 40.0 Å². The van der Waals surface area contributed by atoms with Crippen molar-refractivity contribution in [2.45, 2.75) is 45.6 Å². The van der Waals surface area contributed by atoms with Gasteiger partial charge in [-0.15, -0.1) is 0 Å². The van der Waals surface area contributed by atoms with Gasteiger partial charge >= 0.3 is 0 Å². The second kappa shape index (κ2) is 2.01. The lowest BCUT2D eigenvalue weighted by atomic mass is 9.64. The molecule has 0 aromatic heterocycles. The lowest BCUT2D eigenvalue weighted by molar-refractivity contribution is 0.0393. The molecule has 1 saturated carbocycles. The molecule has 0 unspecified atom stereocenters. The van der Waals surface area contributed by atoms with E-state index in [9.17, 15) is 0 Å². The van der Waals surface area contributed by atoms with Gasteiger partial charge in [-0.3, -0.25) is 0 Å². The Kier molecular flexibility index (Phi) is 1.39. The maximum atomic E-state index is 5.66. The molecule has 1 aliphatic heterocycles. The predicted molar refractivity (Wildman–Crippen MR) is 45.5 cm³/mol. The average molecular weight is 154 g/mol. The Morgan fingerprint density at radius 2 is 2.00 bits per heavy atom. The summed E-state index contributed by atoms with van der Waals surface area (Å²) in [7, 11) is 0. The lowest BCUT2D eigenvalue weighted by Gasteiger charge is -2.40. The fourth-order valence-electron chi connectivity index (χ4n) is 2.71. The second-order valence-electron chi connectivity index (χ2n) is 4.86. The molecule has 64 valence electrons. The van der Waals surface area contributed by atoms with Crippen molar-refractivity contribution < 1.29 is 4.74 Å². The van der Waals surface area contributed by atoms with Crippen LogP contribution >= 0.6 is 0 Å². The quantitative estimate of drug-likeness (QED) is 0.489. The van der Waals surface area contributed by atoms with Crippen LogP contribution in [0.5, 0.6) is 0 Å². The standard InChI is InChI=1S/C10H18O/c1-8-5-4-6-9(2,3)10(8)7-11-10/h8H,4-7H2,1-3H3/t8-,10+/m0/s1. The predicted octanol–water partition coefficient (Wildman–Crippen LogP) is 2.60. The topological polar surface area (TPSA) is 12.5 Å². The molecule has 0 radical (unpaired) electrons. The highest BCUT2D eigenvalue weighted by molar-refractivity contribution is 5.09. The molecule has 1 saturated heterocycles. The van der Waals surface area contributed by atoms with Crippen molar-refractivity contribution in [2.75, 3.05) is 6.61 Å². The Morgan fingerprint density at radius 1 is 1.36 bits per heavy atom. The van der Waals surface area contributed by atoms with Crippen LogP contribution < -0.4 is 0 Å². The van der Waals surface area contributed by atoms with Gasteiger partial charge in [-0.25, -0.2) is 0 Å². The van der Waals surface area contributed by atoms with Crippen LogP contribution in [0, 0.1) is 11.3 Å². The Bertz CT molecular complexity index is 168. The zero-order chi connectivity index (χ0) is 8.11. The van der Waals surface area contributed by atoms with Crippen LogP contribution in [0.4, 0.5) is 0 Å². The molecule has 1 spiro atoms. The van der Waals surface area contributed by atoms with Crippen LogP contribution in [-0.4, -0.2) is 12.2 Å². The van der Waals surface area contributed by atoms with E-state index in [0.717, 1.165) is 12.5 Å². The Hall–Kier alpha value is -0.0400. The monoisotopic (exact) mass is 154 g/mol. The summed E-state index contributed by atoms with van der Waals surface area (Å²) < 4.78 is 5.66. The summed E-state index contributed by atoms with van der Waals surface area (Å²) in [6.07, 6.45) is 4.10. The third kappa shape index (κ3) is 0.868. The van der Waals surface area contributed by atoms with Gasteiger partial charge in [-0.2, -0.15) is 0 Å². The van der Waals surface area contributed by atoms with Gasteiger partial charge in [-0.05, 0) is 24.2 Å². The van der Waals surface area contributed by atoms with Crippen LogP contribution in [-0.2, 0) is 4.74 Å². The molecule has 1 aliphatic carbocycles. The van der Waals surface area contributed by atoms with E-state index in [1.807, 2.05) is 0 Å². The van der Waals surface area contributed by atoms with Gasteiger partial charge in [0.2, 0.25) is 0 Å². The zero-order valence-corrected chi connectivity index (χ0v) is 7.81. The van der Waals surface area contributed by atoms with Crippen LogP contribution in [0.3, 0.4) is 0 Å². The van der Waals surface area contributed by atoms with E-state index in [1.165, 1.54) is 19.3 Å². The highest BCUT2D eigenvalue weighted by Crippen LogP contribution is 2.56. The van der Waals surface area contributed by atoms with Crippen molar-refractivity contribution in [3.05, 3.63) is 0 Å². The fourth-order valence-corrected chi connectivity index (χ4v) is 2.71. The molecule has 0 N–H and O–H groups in total. The first-order chi connectivity index (χ1) is 5.08. The molecule has 0 aromatic rings. The normalized spacial score (nSPS) is 47.7. The molecule has 11 heavy (non-hydrogen) atoms.